The van der Waals surface area contributed by atoms with Gasteiger partial charge in [-0.2, -0.15) is 10.2 Å². The van der Waals surface area contributed by atoms with Crippen molar-refractivity contribution in [3.63, 3.8) is 0 Å². The highest BCUT2D eigenvalue weighted by Gasteiger charge is 2.27. The largest absolute Gasteiger partial charge is 0.490 e. The molecule has 31 heavy (non-hydrogen) atoms. The molecule has 2 N–H and O–H groups in total. The van der Waals surface area contributed by atoms with Crippen LogP contribution in [0.25, 0.3) is 22.8 Å². The number of carbonyl (C=O) groups excluding carboxylic acids is 1. The lowest BCUT2D eigenvalue weighted by Gasteiger charge is -2.14. The number of rotatable bonds is 5. The molecule has 1 aromatic heterocycles. The smallest absolute Gasteiger partial charge is 0.315 e. The van der Waals surface area contributed by atoms with Crippen LogP contribution < -0.4 is 15.4 Å². The van der Waals surface area contributed by atoms with E-state index in [4.69, 9.17) is 9.26 Å². The van der Waals surface area contributed by atoms with Crippen molar-refractivity contribution in [1.82, 2.24) is 20.8 Å². The Morgan fingerprint density at radius 1 is 1.32 bits per heavy atom. The second-order valence-corrected chi connectivity index (χ2v) is 7.60. The Morgan fingerprint density at radius 2 is 2.16 bits per heavy atom. The Morgan fingerprint density at radius 3 is 2.90 bits per heavy atom. The van der Waals surface area contributed by atoms with E-state index < -0.39 is 0 Å². The van der Waals surface area contributed by atoms with Crippen LogP contribution in [0.5, 0.6) is 5.75 Å². The number of nitrogens with zero attached hydrogens (tertiary/aromatic N) is 3. The molecule has 8 heteroatoms. The molecule has 0 bridgehead atoms. The summed E-state index contributed by atoms with van der Waals surface area (Å²) in [5, 5.41) is 19.2. The van der Waals surface area contributed by atoms with Gasteiger partial charge in [0.2, 0.25) is 5.82 Å². The number of carbonyl (C=O) groups is 1. The van der Waals surface area contributed by atoms with E-state index in [0.717, 1.165) is 29.5 Å². The van der Waals surface area contributed by atoms with E-state index in [-0.39, 0.29) is 18.2 Å². The molecule has 2 aromatic carbocycles. The molecule has 2 amide bonds. The topological polar surface area (TPSA) is 113 Å². The normalized spacial score (nSPS) is 14.7. The highest BCUT2D eigenvalue weighted by Crippen LogP contribution is 2.37. The first-order chi connectivity index (χ1) is 15.0. The van der Waals surface area contributed by atoms with E-state index in [9.17, 15) is 10.1 Å². The van der Waals surface area contributed by atoms with Crippen LogP contribution in [-0.4, -0.2) is 29.3 Å². The van der Waals surface area contributed by atoms with Crippen molar-refractivity contribution in [2.45, 2.75) is 38.8 Å². The molecule has 1 aliphatic carbocycles. The molecule has 0 aliphatic heterocycles. The van der Waals surface area contributed by atoms with Gasteiger partial charge in [0.05, 0.1) is 17.7 Å². The van der Waals surface area contributed by atoms with Crippen molar-refractivity contribution in [1.29, 1.82) is 5.26 Å². The molecule has 1 atom stereocenters. The second-order valence-electron chi connectivity index (χ2n) is 7.60. The number of nitriles is 1. The van der Waals surface area contributed by atoms with Gasteiger partial charge in [0.25, 0.3) is 5.89 Å². The third-order valence-electron chi connectivity index (χ3n) is 5.18. The number of fused-ring (bicyclic) bond motifs is 1. The summed E-state index contributed by atoms with van der Waals surface area (Å²) in [7, 11) is 1.60. The molecule has 0 saturated carbocycles. The quantitative estimate of drug-likeness (QED) is 0.649. The van der Waals surface area contributed by atoms with E-state index in [1.54, 1.807) is 25.2 Å². The number of ether oxygens (including phenoxy) is 1. The number of urea groups is 1. The minimum absolute atomic E-state index is 0.0325. The van der Waals surface area contributed by atoms with Crippen LogP contribution in [0.2, 0.25) is 0 Å². The Hall–Kier alpha value is -3.86. The molecule has 4 rings (SSSR count). The van der Waals surface area contributed by atoms with Crippen LogP contribution in [0.15, 0.2) is 40.9 Å². The highest BCUT2D eigenvalue weighted by atomic mass is 16.5. The van der Waals surface area contributed by atoms with Gasteiger partial charge in [-0.1, -0.05) is 23.4 Å². The van der Waals surface area contributed by atoms with Gasteiger partial charge in [-0.25, -0.2) is 4.79 Å². The maximum Gasteiger partial charge on any atom is 0.315 e. The Labute approximate surface area is 180 Å². The fraction of sp³-hybridized carbons (Fsp3) is 0.304. The zero-order chi connectivity index (χ0) is 22.0. The van der Waals surface area contributed by atoms with Crippen molar-refractivity contribution >= 4 is 6.03 Å². The van der Waals surface area contributed by atoms with E-state index in [1.165, 1.54) is 0 Å². The third-order valence-corrected chi connectivity index (χ3v) is 5.18. The van der Waals surface area contributed by atoms with Crippen molar-refractivity contribution < 1.29 is 14.1 Å². The predicted octanol–water partition coefficient (Wildman–Crippen LogP) is 3.98. The average Bonchev–Trinajstić information content (AvgIpc) is 3.41. The molecule has 158 valence electrons. The molecular formula is C23H23N5O3. The van der Waals surface area contributed by atoms with Crippen molar-refractivity contribution in [3.05, 3.63) is 53.1 Å². The molecule has 1 unspecified atom stereocenters. The molecule has 3 aromatic rings. The summed E-state index contributed by atoms with van der Waals surface area (Å²) in [4.78, 5) is 16.3. The molecule has 1 heterocycles. The molecule has 0 radical (unpaired) electrons. The molecule has 1 aliphatic rings. The minimum atomic E-state index is -0.205. The second kappa shape index (κ2) is 8.48. The van der Waals surface area contributed by atoms with Crippen LogP contribution in [0.1, 0.15) is 43.0 Å². The standard InChI is InChI=1S/C23H23N5O3/c1-13(2)30-20-10-7-14(11-15(20)12-24)22-27-21(28-31-22)18-6-4-5-17-16(18)8-9-19(17)26-23(29)25-3/h4-7,10-11,13,19H,8-9H2,1-3H3,(H2,25,26,29). The first-order valence-electron chi connectivity index (χ1n) is 10.2. The molecule has 0 spiro atoms. The maximum atomic E-state index is 11.7. The Kier molecular flexibility index (Phi) is 5.58. The minimum Gasteiger partial charge on any atom is -0.490 e. The van der Waals surface area contributed by atoms with Gasteiger partial charge in [-0.3, -0.25) is 0 Å². The van der Waals surface area contributed by atoms with Gasteiger partial charge in [-0.15, -0.1) is 0 Å². The van der Waals surface area contributed by atoms with E-state index in [0.29, 0.717) is 28.6 Å². The Balaban J connectivity index is 1.64. The van der Waals surface area contributed by atoms with Crippen molar-refractivity contribution in [2.75, 3.05) is 7.05 Å². The summed E-state index contributed by atoms with van der Waals surface area (Å²) in [5.74, 6) is 1.34. The van der Waals surface area contributed by atoms with Crippen LogP contribution in [0.4, 0.5) is 4.79 Å². The summed E-state index contributed by atoms with van der Waals surface area (Å²) in [6, 6.07) is 13.0. The van der Waals surface area contributed by atoms with Gasteiger partial charge < -0.3 is 19.9 Å². The number of amides is 2. The SMILES string of the molecule is CNC(=O)NC1CCc2c(-c3noc(-c4ccc(OC(C)C)c(C#N)c4)n3)cccc21. The fourth-order valence-electron chi connectivity index (χ4n) is 3.80. The third kappa shape index (κ3) is 4.08. The summed E-state index contributed by atoms with van der Waals surface area (Å²) in [6.45, 7) is 3.82. The fourth-order valence-corrected chi connectivity index (χ4v) is 3.80. The predicted molar refractivity (Wildman–Crippen MR) is 114 cm³/mol. The lowest BCUT2D eigenvalue weighted by Crippen LogP contribution is -2.34. The van der Waals surface area contributed by atoms with Gasteiger partial charge in [0.15, 0.2) is 0 Å². The monoisotopic (exact) mass is 417 g/mol. The summed E-state index contributed by atoms with van der Waals surface area (Å²) < 4.78 is 11.2. The van der Waals surface area contributed by atoms with E-state index in [1.807, 2.05) is 32.0 Å². The van der Waals surface area contributed by atoms with Gasteiger partial charge in [-0.05, 0) is 56.0 Å². The van der Waals surface area contributed by atoms with Crippen LogP contribution >= 0.6 is 0 Å². The molecule has 8 nitrogen and oxygen atoms in total. The van der Waals surface area contributed by atoms with Crippen LogP contribution in [0.3, 0.4) is 0 Å². The lowest BCUT2D eigenvalue weighted by molar-refractivity contribution is 0.239. The lowest BCUT2D eigenvalue weighted by atomic mass is 10.0. The summed E-state index contributed by atoms with van der Waals surface area (Å²) in [5.41, 5.74) is 4.12. The zero-order valence-corrected chi connectivity index (χ0v) is 17.6. The summed E-state index contributed by atoms with van der Waals surface area (Å²) >= 11 is 0. The van der Waals surface area contributed by atoms with Gasteiger partial charge in [0, 0.05) is 18.2 Å². The number of nitrogens with one attached hydrogen (secondary N) is 2. The molecule has 0 saturated heterocycles. The molecular weight excluding hydrogens is 394 g/mol. The highest BCUT2D eigenvalue weighted by molar-refractivity contribution is 5.75. The number of aromatic nitrogens is 2. The van der Waals surface area contributed by atoms with Crippen molar-refractivity contribution in [3.8, 4) is 34.7 Å². The van der Waals surface area contributed by atoms with Gasteiger partial charge >= 0.3 is 6.03 Å². The zero-order valence-electron chi connectivity index (χ0n) is 17.6. The van der Waals surface area contributed by atoms with E-state index in [2.05, 4.69) is 26.8 Å². The van der Waals surface area contributed by atoms with Gasteiger partial charge in [0.1, 0.15) is 11.8 Å². The number of benzene rings is 2. The average molecular weight is 417 g/mol. The molecule has 0 fully saturated rings. The maximum absolute atomic E-state index is 11.7. The number of hydrogen-bond acceptors (Lipinski definition) is 6. The number of hydrogen-bond donors (Lipinski definition) is 2. The Bertz CT molecular complexity index is 1160. The van der Waals surface area contributed by atoms with Crippen molar-refractivity contribution in [2.24, 2.45) is 0 Å². The first kappa shape index (κ1) is 20.4. The van der Waals surface area contributed by atoms with Crippen LogP contribution in [0, 0.1) is 11.3 Å². The summed E-state index contributed by atoms with van der Waals surface area (Å²) in [6.07, 6.45) is 1.59. The van der Waals surface area contributed by atoms with E-state index >= 15 is 0 Å². The van der Waals surface area contributed by atoms with Crippen LogP contribution in [-0.2, 0) is 6.42 Å². The first-order valence-corrected chi connectivity index (χ1v) is 10.2.